The van der Waals surface area contributed by atoms with Crippen molar-refractivity contribution in [2.45, 2.75) is 26.9 Å². The summed E-state index contributed by atoms with van der Waals surface area (Å²) in [4.78, 5) is 11.3. The molecule has 148 valence electrons. The molecule has 1 aliphatic heterocycles. The first-order chi connectivity index (χ1) is 12.6. The SMILES string of the molecule is CCNC(=NCc1cc(Cl)c2c(c1)OCCO2)N(C)Cc1csc(C)n1.I. The standard InChI is InChI=1S/C18H23ClN4O2S.HI/c1-4-20-18(23(3)10-14-11-26-12(2)22-14)21-9-13-7-15(19)17-16(8-13)24-5-6-25-17;/h7-8,11H,4-6,9-10H2,1-3H3,(H,20,21);1H. The summed E-state index contributed by atoms with van der Waals surface area (Å²) in [6.07, 6.45) is 0. The van der Waals surface area contributed by atoms with Gasteiger partial charge in [-0.1, -0.05) is 11.6 Å². The second kappa shape index (κ2) is 10.3. The van der Waals surface area contributed by atoms with Crippen molar-refractivity contribution in [3.05, 3.63) is 38.8 Å². The van der Waals surface area contributed by atoms with Gasteiger partial charge in [0.15, 0.2) is 17.5 Å². The molecule has 2 heterocycles. The Morgan fingerprint density at radius 1 is 1.37 bits per heavy atom. The lowest BCUT2D eigenvalue weighted by atomic mass is 10.2. The molecule has 0 bridgehead atoms. The summed E-state index contributed by atoms with van der Waals surface area (Å²) in [7, 11) is 2.01. The highest BCUT2D eigenvalue weighted by atomic mass is 127. The van der Waals surface area contributed by atoms with Crippen LogP contribution in [0.4, 0.5) is 0 Å². The molecule has 0 aliphatic carbocycles. The van der Waals surface area contributed by atoms with E-state index in [1.54, 1.807) is 11.3 Å². The van der Waals surface area contributed by atoms with E-state index in [4.69, 9.17) is 26.1 Å². The zero-order valence-electron chi connectivity index (χ0n) is 15.6. The lowest BCUT2D eigenvalue weighted by molar-refractivity contribution is 0.171. The molecule has 3 rings (SSSR count). The van der Waals surface area contributed by atoms with Crippen molar-refractivity contribution in [1.82, 2.24) is 15.2 Å². The van der Waals surface area contributed by atoms with Crippen molar-refractivity contribution in [2.24, 2.45) is 4.99 Å². The first-order valence-corrected chi connectivity index (χ1v) is 9.81. The van der Waals surface area contributed by atoms with E-state index in [1.165, 1.54) is 0 Å². The molecule has 0 amide bonds. The number of thiazole rings is 1. The predicted octanol–water partition coefficient (Wildman–Crippen LogP) is 4.09. The van der Waals surface area contributed by atoms with Crippen LogP contribution in [-0.4, -0.2) is 42.6 Å². The summed E-state index contributed by atoms with van der Waals surface area (Å²) < 4.78 is 11.2. The van der Waals surface area contributed by atoms with Crippen molar-refractivity contribution in [2.75, 3.05) is 26.8 Å². The minimum Gasteiger partial charge on any atom is -0.486 e. The molecule has 0 spiro atoms. The molecule has 9 heteroatoms. The van der Waals surface area contributed by atoms with E-state index in [-0.39, 0.29) is 24.0 Å². The fourth-order valence-electron chi connectivity index (χ4n) is 2.69. The topological polar surface area (TPSA) is 59.0 Å². The molecule has 1 N–H and O–H groups in total. The molecule has 0 atom stereocenters. The van der Waals surface area contributed by atoms with Crippen LogP contribution in [0.2, 0.25) is 5.02 Å². The zero-order valence-corrected chi connectivity index (χ0v) is 19.5. The number of rotatable bonds is 5. The van der Waals surface area contributed by atoms with E-state index >= 15 is 0 Å². The van der Waals surface area contributed by atoms with Crippen molar-refractivity contribution >= 4 is 52.9 Å². The van der Waals surface area contributed by atoms with Gasteiger partial charge in [-0.05, 0) is 31.5 Å². The fourth-order valence-corrected chi connectivity index (χ4v) is 3.58. The molecule has 2 aromatic rings. The molecule has 0 saturated carbocycles. The Morgan fingerprint density at radius 2 is 2.15 bits per heavy atom. The molecule has 1 aromatic heterocycles. The second-order valence-electron chi connectivity index (χ2n) is 5.99. The second-order valence-corrected chi connectivity index (χ2v) is 7.46. The Morgan fingerprint density at radius 3 is 2.85 bits per heavy atom. The summed E-state index contributed by atoms with van der Waals surface area (Å²) in [6.45, 7) is 7.12. The largest absolute Gasteiger partial charge is 0.486 e. The average molecular weight is 523 g/mol. The maximum atomic E-state index is 6.31. The van der Waals surface area contributed by atoms with E-state index in [9.17, 15) is 0 Å². The number of aliphatic imine (C=N–C) groups is 1. The third-order valence-electron chi connectivity index (χ3n) is 3.83. The summed E-state index contributed by atoms with van der Waals surface area (Å²) in [6, 6.07) is 3.82. The third-order valence-corrected chi connectivity index (χ3v) is 4.93. The number of hydrogen-bond donors (Lipinski definition) is 1. The number of fused-ring (bicyclic) bond motifs is 1. The van der Waals surface area contributed by atoms with E-state index in [0.717, 1.165) is 28.8 Å². The number of halogens is 2. The van der Waals surface area contributed by atoms with Gasteiger partial charge >= 0.3 is 0 Å². The third kappa shape index (κ3) is 5.86. The van der Waals surface area contributed by atoms with Crippen molar-refractivity contribution < 1.29 is 9.47 Å². The van der Waals surface area contributed by atoms with Gasteiger partial charge in [0.05, 0.1) is 28.8 Å². The van der Waals surface area contributed by atoms with Gasteiger partial charge in [-0.15, -0.1) is 35.3 Å². The Kier molecular flexibility index (Phi) is 8.43. The molecule has 0 radical (unpaired) electrons. The zero-order chi connectivity index (χ0) is 18.5. The monoisotopic (exact) mass is 522 g/mol. The maximum absolute atomic E-state index is 6.31. The number of aromatic nitrogens is 1. The van der Waals surface area contributed by atoms with Crippen molar-refractivity contribution in [3.8, 4) is 11.5 Å². The van der Waals surface area contributed by atoms with Crippen LogP contribution >= 0.6 is 46.9 Å². The van der Waals surface area contributed by atoms with Gasteiger partial charge < -0.3 is 19.7 Å². The highest BCUT2D eigenvalue weighted by Crippen LogP contribution is 2.38. The maximum Gasteiger partial charge on any atom is 0.194 e. The normalized spacial score (nSPS) is 13.1. The molecule has 27 heavy (non-hydrogen) atoms. The number of hydrogen-bond acceptors (Lipinski definition) is 5. The highest BCUT2D eigenvalue weighted by Gasteiger charge is 2.17. The first kappa shape index (κ1) is 22.0. The number of benzene rings is 1. The van der Waals surface area contributed by atoms with Crippen LogP contribution in [0.25, 0.3) is 0 Å². The van der Waals surface area contributed by atoms with Gasteiger partial charge in [-0.25, -0.2) is 9.98 Å². The smallest absolute Gasteiger partial charge is 0.194 e. The Hall–Kier alpha value is -1.26. The van der Waals surface area contributed by atoms with E-state index in [0.29, 0.717) is 42.8 Å². The fraction of sp³-hybridized carbons (Fsp3) is 0.444. The molecule has 0 unspecified atom stereocenters. The van der Waals surface area contributed by atoms with Crippen molar-refractivity contribution in [1.29, 1.82) is 0 Å². The average Bonchev–Trinajstić information content (AvgIpc) is 3.03. The number of ether oxygens (including phenoxy) is 2. The quantitative estimate of drug-likeness (QED) is 0.364. The molecule has 1 aliphatic rings. The molecule has 0 saturated heterocycles. The molecule has 6 nitrogen and oxygen atoms in total. The lowest BCUT2D eigenvalue weighted by Crippen LogP contribution is -2.38. The van der Waals surface area contributed by atoms with Gasteiger partial charge in [-0.2, -0.15) is 0 Å². The summed E-state index contributed by atoms with van der Waals surface area (Å²) in [5.74, 6) is 2.13. The number of aryl methyl sites for hydroxylation is 1. The summed E-state index contributed by atoms with van der Waals surface area (Å²) in [5, 5.41) is 7.03. The van der Waals surface area contributed by atoms with E-state index in [2.05, 4.69) is 27.5 Å². The van der Waals surface area contributed by atoms with E-state index in [1.807, 2.05) is 26.1 Å². The van der Waals surface area contributed by atoms with Crippen LogP contribution in [-0.2, 0) is 13.1 Å². The highest BCUT2D eigenvalue weighted by molar-refractivity contribution is 14.0. The first-order valence-electron chi connectivity index (χ1n) is 8.55. The van der Waals surface area contributed by atoms with Gasteiger partial charge in [0.1, 0.15) is 13.2 Å². The molecule has 1 aromatic carbocycles. The molecular formula is C18H24ClIN4O2S. The van der Waals surface area contributed by atoms with Gasteiger partial charge in [0.2, 0.25) is 0 Å². The van der Waals surface area contributed by atoms with Crippen LogP contribution in [0.1, 0.15) is 23.2 Å². The van der Waals surface area contributed by atoms with Crippen LogP contribution in [0.3, 0.4) is 0 Å². The Balaban J connectivity index is 0.00000261. The number of nitrogens with one attached hydrogen (secondary N) is 1. The lowest BCUT2D eigenvalue weighted by Gasteiger charge is -2.22. The minimum absolute atomic E-state index is 0. The molecule has 0 fully saturated rings. The Bertz CT molecular complexity index is 800. The van der Waals surface area contributed by atoms with E-state index < -0.39 is 0 Å². The van der Waals surface area contributed by atoms with Gasteiger partial charge in [0.25, 0.3) is 0 Å². The van der Waals surface area contributed by atoms with Crippen LogP contribution in [0, 0.1) is 6.92 Å². The van der Waals surface area contributed by atoms with Crippen LogP contribution < -0.4 is 14.8 Å². The minimum atomic E-state index is 0. The van der Waals surface area contributed by atoms with Crippen LogP contribution in [0.15, 0.2) is 22.5 Å². The predicted molar refractivity (Wildman–Crippen MR) is 121 cm³/mol. The van der Waals surface area contributed by atoms with Gasteiger partial charge in [0, 0.05) is 19.0 Å². The van der Waals surface area contributed by atoms with Crippen molar-refractivity contribution in [3.63, 3.8) is 0 Å². The molecular weight excluding hydrogens is 499 g/mol. The van der Waals surface area contributed by atoms with Crippen LogP contribution in [0.5, 0.6) is 11.5 Å². The number of guanidine groups is 1. The summed E-state index contributed by atoms with van der Waals surface area (Å²) in [5.41, 5.74) is 2.02. The van der Waals surface area contributed by atoms with Gasteiger partial charge in [-0.3, -0.25) is 0 Å². The summed E-state index contributed by atoms with van der Waals surface area (Å²) >= 11 is 7.97. The number of nitrogens with zero attached hydrogens (tertiary/aromatic N) is 3. The Labute approximate surface area is 186 Å².